The van der Waals surface area contributed by atoms with Gasteiger partial charge in [0.1, 0.15) is 0 Å². The lowest BCUT2D eigenvalue weighted by molar-refractivity contribution is 0.342. The van der Waals surface area contributed by atoms with Gasteiger partial charge < -0.3 is 11.1 Å². The van der Waals surface area contributed by atoms with Crippen molar-refractivity contribution < 1.29 is 0 Å². The largest absolute Gasteiger partial charge is 0.328 e. The van der Waals surface area contributed by atoms with Crippen LogP contribution >= 0.6 is 23.2 Å². The van der Waals surface area contributed by atoms with Gasteiger partial charge >= 0.3 is 0 Å². The second-order valence-electron chi connectivity index (χ2n) is 4.73. The average molecular weight is 273 g/mol. The number of rotatable bonds is 3. The maximum Gasteiger partial charge on any atom is 0.0451 e. The zero-order chi connectivity index (χ0) is 12.3. The monoisotopic (exact) mass is 272 g/mol. The van der Waals surface area contributed by atoms with Gasteiger partial charge in [0.2, 0.25) is 0 Å². The molecule has 0 amide bonds. The molecule has 0 unspecified atom stereocenters. The molecular formula is C13H18Cl2N2. The minimum atomic E-state index is 0.391. The van der Waals surface area contributed by atoms with E-state index in [1.165, 1.54) is 0 Å². The van der Waals surface area contributed by atoms with Crippen LogP contribution in [0.2, 0.25) is 10.0 Å². The third kappa shape index (κ3) is 3.85. The Morgan fingerprint density at radius 2 is 1.88 bits per heavy atom. The molecule has 17 heavy (non-hydrogen) atoms. The molecular weight excluding hydrogens is 255 g/mol. The van der Waals surface area contributed by atoms with E-state index >= 15 is 0 Å². The zero-order valence-corrected chi connectivity index (χ0v) is 11.3. The van der Waals surface area contributed by atoms with Crippen LogP contribution in [-0.2, 0) is 6.54 Å². The predicted molar refractivity (Wildman–Crippen MR) is 73.5 cm³/mol. The lowest BCUT2D eigenvalue weighted by Crippen LogP contribution is -2.37. The zero-order valence-electron chi connectivity index (χ0n) is 9.76. The first-order valence-electron chi connectivity index (χ1n) is 6.08. The van der Waals surface area contributed by atoms with Crippen LogP contribution in [0.15, 0.2) is 18.2 Å². The van der Waals surface area contributed by atoms with Crippen molar-refractivity contribution in [2.45, 2.75) is 44.3 Å². The summed E-state index contributed by atoms with van der Waals surface area (Å²) in [4.78, 5) is 0. The van der Waals surface area contributed by atoms with E-state index in [4.69, 9.17) is 28.9 Å². The molecule has 0 aliphatic heterocycles. The fourth-order valence-electron chi connectivity index (χ4n) is 2.26. The van der Waals surface area contributed by atoms with E-state index in [1.807, 2.05) is 18.2 Å². The fraction of sp³-hybridized carbons (Fsp3) is 0.538. The van der Waals surface area contributed by atoms with Crippen LogP contribution in [0.3, 0.4) is 0 Å². The molecule has 2 nitrogen and oxygen atoms in total. The van der Waals surface area contributed by atoms with Crippen LogP contribution in [0.4, 0.5) is 0 Å². The van der Waals surface area contributed by atoms with Gasteiger partial charge in [0, 0.05) is 28.7 Å². The molecule has 94 valence electrons. The van der Waals surface area contributed by atoms with Gasteiger partial charge in [-0.3, -0.25) is 0 Å². The summed E-state index contributed by atoms with van der Waals surface area (Å²) in [6, 6.07) is 6.53. The Labute approximate surface area is 112 Å². The Bertz CT molecular complexity index is 374. The van der Waals surface area contributed by atoms with Gasteiger partial charge in [-0.25, -0.2) is 0 Å². The van der Waals surface area contributed by atoms with Crippen LogP contribution in [0.1, 0.15) is 31.2 Å². The summed E-state index contributed by atoms with van der Waals surface area (Å²) in [6.45, 7) is 0.777. The van der Waals surface area contributed by atoms with Gasteiger partial charge in [0.05, 0.1) is 0 Å². The van der Waals surface area contributed by atoms with Crippen LogP contribution in [0.25, 0.3) is 0 Å². The molecule has 0 aromatic heterocycles. The molecule has 0 radical (unpaired) electrons. The molecule has 1 fully saturated rings. The predicted octanol–water partition coefficient (Wildman–Crippen LogP) is 3.35. The highest BCUT2D eigenvalue weighted by atomic mass is 35.5. The molecule has 1 saturated carbocycles. The first kappa shape index (κ1) is 13.2. The van der Waals surface area contributed by atoms with Crippen molar-refractivity contribution in [1.29, 1.82) is 0 Å². The summed E-state index contributed by atoms with van der Waals surface area (Å²) >= 11 is 12.1. The number of halogens is 2. The normalized spacial score (nSPS) is 24.9. The number of benzene rings is 1. The Morgan fingerprint density at radius 3 is 2.59 bits per heavy atom. The third-order valence-electron chi connectivity index (χ3n) is 3.36. The second kappa shape index (κ2) is 6.05. The second-order valence-corrected chi connectivity index (χ2v) is 5.57. The first-order valence-corrected chi connectivity index (χ1v) is 6.83. The molecule has 2 rings (SSSR count). The van der Waals surface area contributed by atoms with Crippen molar-refractivity contribution >= 4 is 23.2 Å². The molecule has 1 aliphatic rings. The summed E-state index contributed by atoms with van der Waals surface area (Å²) in [5, 5.41) is 5.03. The Hall–Kier alpha value is -0.280. The molecule has 3 N–H and O–H groups in total. The van der Waals surface area contributed by atoms with E-state index in [0.717, 1.165) is 47.8 Å². The molecule has 1 aromatic carbocycles. The third-order valence-corrected chi connectivity index (χ3v) is 3.96. The Balaban J connectivity index is 1.87. The Morgan fingerprint density at radius 1 is 1.18 bits per heavy atom. The topological polar surface area (TPSA) is 38.0 Å². The maximum absolute atomic E-state index is 6.12. The Kier molecular flexibility index (Phi) is 4.69. The SMILES string of the molecule is NC1CCC(NCc2cc(Cl)ccc2Cl)CC1. The van der Waals surface area contributed by atoms with E-state index in [9.17, 15) is 0 Å². The highest BCUT2D eigenvalue weighted by Gasteiger charge is 2.17. The molecule has 1 aromatic rings. The van der Waals surface area contributed by atoms with Crippen LogP contribution in [0, 0.1) is 0 Å². The smallest absolute Gasteiger partial charge is 0.0451 e. The maximum atomic E-state index is 6.12. The van der Waals surface area contributed by atoms with E-state index in [2.05, 4.69) is 5.32 Å². The van der Waals surface area contributed by atoms with Gasteiger partial charge in [-0.2, -0.15) is 0 Å². The summed E-state index contributed by atoms with van der Waals surface area (Å²) in [5.41, 5.74) is 6.95. The van der Waals surface area contributed by atoms with Crippen molar-refractivity contribution in [3.8, 4) is 0 Å². The molecule has 0 saturated heterocycles. The van der Waals surface area contributed by atoms with Gasteiger partial charge in [0.25, 0.3) is 0 Å². The van der Waals surface area contributed by atoms with Crippen molar-refractivity contribution in [2.75, 3.05) is 0 Å². The molecule has 0 spiro atoms. The van der Waals surface area contributed by atoms with E-state index in [1.54, 1.807) is 0 Å². The van der Waals surface area contributed by atoms with Crippen molar-refractivity contribution in [2.24, 2.45) is 5.73 Å². The summed E-state index contributed by atoms with van der Waals surface area (Å²) in [7, 11) is 0. The van der Waals surface area contributed by atoms with Crippen LogP contribution in [-0.4, -0.2) is 12.1 Å². The number of hydrogen-bond donors (Lipinski definition) is 2. The highest BCUT2D eigenvalue weighted by Crippen LogP contribution is 2.22. The summed E-state index contributed by atoms with van der Waals surface area (Å²) in [6.07, 6.45) is 4.53. The van der Waals surface area contributed by atoms with Gasteiger partial charge in [-0.15, -0.1) is 0 Å². The van der Waals surface area contributed by atoms with Crippen molar-refractivity contribution in [3.05, 3.63) is 33.8 Å². The van der Waals surface area contributed by atoms with Gasteiger partial charge in [-0.1, -0.05) is 23.2 Å². The van der Waals surface area contributed by atoms with E-state index < -0.39 is 0 Å². The number of nitrogens with one attached hydrogen (secondary N) is 1. The first-order chi connectivity index (χ1) is 8.15. The van der Waals surface area contributed by atoms with Crippen LogP contribution in [0.5, 0.6) is 0 Å². The van der Waals surface area contributed by atoms with E-state index in [0.29, 0.717) is 12.1 Å². The van der Waals surface area contributed by atoms with Gasteiger partial charge in [-0.05, 0) is 49.4 Å². The number of nitrogens with two attached hydrogens (primary N) is 1. The summed E-state index contributed by atoms with van der Waals surface area (Å²) in [5.74, 6) is 0. The van der Waals surface area contributed by atoms with Crippen molar-refractivity contribution in [1.82, 2.24) is 5.32 Å². The van der Waals surface area contributed by atoms with Crippen molar-refractivity contribution in [3.63, 3.8) is 0 Å². The quantitative estimate of drug-likeness (QED) is 0.886. The molecule has 0 heterocycles. The lowest BCUT2D eigenvalue weighted by Gasteiger charge is -2.27. The van der Waals surface area contributed by atoms with Crippen LogP contribution < -0.4 is 11.1 Å². The molecule has 4 heteroatoms. The van der Waals surface area contributed by atoms with Gasteiger partial charge in [0.15, 0.2) is 0 Å². The number of hydrogen-bond acceptors (Lipinski definition) is 2. The summed E-state index contributed by atoms with van der Waals surface area (Å²) < 4.78 is 0. The molecule has 0 atom stereocenters. The average Bonchev–Trinajstić information content (AvgIpc) is 2.32. The highest BCUT2D eigenvalue weighted by molar-refractivity contribution is 6.33. The minimum absolute atomic E-state index is 0.391. The molecule has 0 bridgehead atoms. The minimum Gasteiger partial charge on any atom is -0.328 e. The molecule has 1 aliphatic carbocycles. The fourth-order valence-corrected chi connectivity index (χ4v) is 2.64. The lowest BCUT2D eigenvalue weighted by atomic mass is 9.92. The van der Waals surface area contributed by atoms with E-state index in [-0.39, 0.29) is 0 Å². The standard InChI is InChI=1S/C13H18Cl2N2/c14-10-1-6-13(15)9(7-10)8-17-12-4-2-11(16)3-5-12/h1,6-7,11-12,17H,2-5,8,16H2.